The van der Waals surface area contributed by atoms with E-state index in [1.807, 2.05) is 42.5 Å². The summed E-state index contributed by atoms with van der Waals surface area (Å²) in [4.78, 5) is 37.3. The minimum Gasteiger partial charge on any atom is -0.308 e. The molecule has 3 rings (SSSR count). The summed E-state index contributed by atoms with van der Waals surface area (Å²) in [5.41, 5.74) is 3.78. The molecule has 0 radical (unpaired) electrons. The molecule has 0 saturated heterocycles. The summed E-state index contributed by atoms with van der Waals surface area (Å²) in [6.07, 6.45) is 1.32. The number of nitrogens with zero attached hydrogens (tertiary/aromatic N) is 2. The summed E-state index contributed by atoms with van der Waals surface area (Å²) >= 11 is 1.37. The first-order valence-electron chi connectivity index (χ1n) is 8.20. The van der Waals surface area contributed by atoms with Crippen LogP contribution in [-0.4, -0.2) is 29.0 Å². The van der Waals surface area contributed by atoms with Crippen LogP contribution in [0.2, 0.25) is 0 Å². The largest absolute Gasteiger partial charge is 0.323 e. The Morgan fingerprint density at radius 1 is 0.929 bits per heavy atom. The number of hydrogen-bond donors (Lipinski definition) is 3. The SMILES string of the molecule is CONC(=O)c1cc(Sc2ccc(NC(=O)Nc3ccccc3)cc2)ncn1. The molecule has 0 saturated carbocycles. The highest BCUT2D eigenvalue weighted by atomic mass is 32.2. The lowest BCUT2D eigenvalue weighted by atomic mass is 10.3. The Morgan fingerprint density at radius 3 is 2.29 bits per heavy atom. The van der Waals surface area contributed by atoms with Crippen molar-refractivity contribution in [1.29, 1.82) is 0 Å². The standard InChI is InChI=1S/C19H17N5O3S/c1-27-24-18(25)16-11-17(21-12-20-16)28-15-9-7-14(8-10-15)23-19(26)22-13-5-3-2-4-6-13/h2-12H,1H3,(H,24,25)(H2,22,23,26). The van der Waals surface area contributed by atoms with Crippen molar-refractivity contribution in [2.24, 2.45) is 0 Å². The van der Waals surface area contributed by atoms with Crippen molar-refractivity contribution >= 4 is 35.1 Å². The van der Waals surface area contributed by atoms with E-state index in [-0.39, 0.29) is 11.7 Å². The van der Waals surface area contributed by atoms with Gasteiger partial charge in [-0.15, -0.1) is 0 Å². The summed E-state index contributed by atoms with van der Waals surface area (Å²) in [5.74, 6) is -0.448. The molecule has 0 spiro atoms. The maximum absolute atomic E-state index is 12.0. The van der Waals surface area contributed by atoms with Gasteiger partial charge in [-0.2, -0.15) is 0 Å². The second-order valence-electron chi connectivity index (χ2n) is 5.45. The van der Waals surface area contributed by atoms with Crippen molar-refractivity contribution in [3.8, 4) is 0 Å². The zero-order valence-corrected chi connectivity index (χ0v) is 15.7. The molecule has 0 bridgehead atoms. The Balaban J connectivity index is 1.59. The van der Waals surface area contributed by atoms with Gasteiger partial charge in [0.2, 0.25) is 0 Å². The van der Waals surface area contributed by atoms with Crippen LogP contribution in [0.5, 0.6) is 0 Å². The van der Waals surface area contributed by atoms with Crippen molar-refractivity contribution in [3.05, 3.63) is 72.7 Å². The molecule has 3 N–H and O–H groups in total. The van der Waals surface area contributed by atoms with Gasteiger partial charge in [-0.1, -0.05) is 30.0 Å². The molecule has 0 atom stereocenters. The van der Waals surface area contributed by atoms with Crippen LogP contribution in [0.25, 0.3) is 0 Å². The Bertz CT molecular complexity index is 951. The van der Waals surface area contributed by atoms with Gasteiger partial charge < -0.3 is 10.6 Å². The average molecular weight is 395 g/mol. The predicted molar refractivity (Wildman–Crippen MR) is 106 cm³/mol. The lowest BCUT2D eigenvalue weighted by Gasteiger charge is -2.08. The molecule has 28 heavy (non-hydrogen) atoms. The smallest absolute Gasteiger partial charge is 0.308 e. The molecule has 0 unspecified atom stereocenters. The Morgan fingerprint density at radius 2 is 1.61 bits per heavy atom. The monoisotopic (exact) mass is 395 g/mol. The van der Waals surface area contributed by atoms with Gasteiger partial charge in [-0.3, -0.25) is 9.63 Å². The van der Waals surface area contributed by atoms with Crippen molar-refractivity contribution in [2.45, 2.75) is 9.92 Å². The van der Waals surface area contributed by atoms with Gasteiger partial charge in [0.05, 0.1) is 7.11 Å². The van der Waals surface area contributed by atoms with Crippen LogP contribution < -0.4 is 16.1 Å². The second kappa shape index (κ2) is 9.49. The second-order valence-corrected chi connectivity index (χ2v) is 6.54. The lowest BCUT2D eigenvalue weighted by Crippen LogP contribution is -2.22. The lowest BCUT2D eigenvalue weighted by molar-refractivity contribution is 0.0532. The molecule has 142 valence electrons. The van der Waals surface area contributed by atoms with E-state index in [0.717, 1.165) is 4.90 Å². The number of rotatable bonds is 6. The van der Waals surface area contributed by atoms with Crippen LogP contribution >= 0.6 is 11.8 Å². The van der Waals surface area contributed by atoms with Crippen molar-refractivity contribution < 1.29 is 14.4 Å². The Kier molecular flexibility index (Phi) is 6.55. The van der Waals surface area contributed by atoms with Crippen LogP contribution in [0.15, 0.2) is 76.9 Å². The van der Waals surface area contributed by atoms with E-state index < -0.39 is 5.91 Å². The number of hydroxylamine groups is 1. The number of carbonyl (C=O) groups is 2. The van der Waals surface area contributed by atoms with Gasteiger partial charge in [0.15, 0.2) is 0 Å². The van der Waals surface area contributed by atoms with E-state index >= 15 is 0 Å². The third-order valence-corrected chi connectivity index (χ3v) is 4.38. The highest BCUT2D eigenvalue weighted by Crippen LogP contribution is 2.27. The fourth-order valence-corrected chi connectivity index (χ4v) is 2.99. The van der Waals surface area contributed by atoms with Crippen molar-refractivity contribution in [3.63, 3.8) is 0 Å². The Hall–Kier alpha value is -3.43. The number of aromatic nitrogens is 2. The molecule has 3 aromatic rings. The maximum atomic E-state index is 12.0. The summed E-state index contributed by atoms with van der Waals surface area (Å²) in [5, 5.41) is 6.13. The zero-order chi connectivity index (χ0) is 19.8. The van der Waals surface area contributed by atoms with Gasteiger partial charge in [0.1, 0.15) is 17.0 Å². The summed E-state index contributed by atoms with van der Waals surface area (Å²) in [6.45, 7) is 0. The number of anilines is 2. The summed E-state index contributed by atoms with van der Waals surface area (Å²) in [7, 11) is 1.35. The van der Waals surface area contributed by atoms with Gasteiger partial charge in [-0.25, -0.2) is 20.2 Å². The van der Waals surface area contributed by atoms with Crippen LogP contribution in [0.4, 0.5) is 16.2 Å². The molecule has 0 aliphatic rings. The van der Waals surface area contributed by atoms with Crippen LogP contribution in [-0.2, 0) is 4.84 Å². The number of nitrogens with one attached hydrogen (secondary N) is 3. The van der Waals surface area contributed by atoms with Gasteiger partial charge >= 0.3 is 6.03 Å². The highest BCUT2D eigenvalue weighted by Gasteiger charge is 2.09. The van der Waals surface area contributed by atoms with Crippen LogP contribution in [0, 0.1) is 0 Å². The number of carbonyl (C=O) groups excluding carboxylic acids is 2. The minimum absolute atomic E-state index is 0.204. The molecule has 2 aromatic carbocycles. The number of urea groups is 1. The van der Waals surface area contributed by atoms with Crippen LogP contribution in [0.3, 0.4) is 0 Å². The predicted octanol–water partition coefficient (Wildman–Crippen LogP) is 3.56. The maximum Gasteiger partial charge on any atom is 0.323 e. The molecule has 1 aromatic heterocycles. The third kappa shape index (κ3) is 5.53. The Labute approximate surface area is 165 Å². The molecular weight excluding hydrogens is 378 g/mol. The van der Waals surface area contributed by atoms with Gasteiger partial charge in [0.25, 0.3) is 5.91 Å². The molecule has 3 amide bonds. The molecule has 8 nitrogen and oxygen atoms in total. The summed E-state index contributed by atoms with van der Waals surface area (Å²) < 4.78 is 0. The van der Waals surface area contributed by atoms with E-state index in [2.05, 4.69) is 30.9 Å². The average Bonchev–Trinajstić information content (AvgIpc) is 2.70. The first-order valence-corrected chi connectivity index (χ1v) is 9.02. The van der Waals surface area contributed by atoms with Gasteiger partial charge in [0, 0.05) is 22.3 Å². The minimum atomic E-state index is -0.448. The zero-order valence-electron chi connectivity index (χ0n) is 14.9. The van der Waals surface area contributed by atoms with E-state index in [1.54, 1.807) is 18.2 Å². The van der Waals surface area contributed by atoms with E-state index in [9.17, 15) is 9.59 Å². The van der Waals surface area contributed by atoms with Gasteiger partial charge in [-0.05, 0) is 36.4 Å². The third-order valence-electron chi connectivity index (χ3n) is 3.44. The molecule has 0 aliphatic heterocycles. The van der Waals surface area contributed by atoms with Crippen LogP contribution in [0.1, 0.15) is 10.5 Å². The number of para-hydroxylation sites is 1. The summed E-state index contributed by atoms with van der Waals surface area (Å²) in [6, 6.07) is 17.7. The van der Waals surface area contributed by atoms with E-state index in [4.69, 9.17) is 0 Å². The molecule has 9 heteroatoms. The fraction of sp³-hybridized carbons (Fsp3) is 0.0526. The van der Waals surface area contributed by atoms with Crippen molar-refractivity contribution in [2.75, 3.05) is 17.7 Å². The quantitative estimate of drug-likeness (QED) is 0.435. The van der Waals surface area contributed by atoms with E-state index in [1.165, 1.54) is 25.2 Å². The fourth-order valence-electron chi connectivity index (χ4n) is 2.21. The molecule has 0 fully saturated rings. The number of amides is 3. The normalized spacial score (nSPS) is 10.2. The first-order chi connectivity index (χ1) is 13.6. The highest BCUT2D eigenvalue weighted by molar-refractivity contribution is 7.99. The number of benzene rings is 2. The topological polar surface area (TPSA) is 105 Å². The molecule has 0 aliphatic carbocycles. The molecule has 1 heterocycles. The number of hydrogen-bond acceptors (Lipinski definition) is 6. The molecular formula is C19H17N5O3S. The van der Waals surface area contributed by atoms with E-state index in [0.29, 0.717) is 16.4 Å². The first kappa shape index (κ1) is 19.3. The van der Waals surface area contributed by atoms with Crippen molar-refractivity contribution in [1.82, 2.24) is 15.4 Å².